The molecule has 12 aliphatic rings. The molecule has 21 atom stereocenters. The van der Waals surface area contributed by atoms with Crippen molar-refractivity contribution < 1.29 is 61.6 Å². The third-order valence-corrected chi connectivity index (χ3v) is 15.4. The van der Waals surface area contributed by atoms with Gasteiger partial charge in [-0.3, -0.25) is 4.79 Å². The van der Waals surface area contributed by atoms with Gasteiger partial charge in [-0.05, 0) is 75.9 Å². The molecule has 13 nitrogen and oxygen atoms in total. The average Bonchev–Trinajstić information content (AvgIpc) is 3.75. The lowest BCUT2D eigenvalue weighted by Crippen LogP contribution is -2.64. The molecule has 316 valence electrons. The maximum atomic E-state index is 14.1. The molecule has 57 heavy (non-hydrogen) atoms. The summed E-state index contributed by atoms with van der Waals surface area (Å²) >= 11 is 0. The van der Waals surface area contributed by atoms with E-state index in [4.69, 9.17) is 56.8 Å². The molecular weight excluding hydrogens is 736 g/mol. The second-order valence-corrected chi connectivity index (χ2v) is 19.8. The van der Waals surface area contributed by atoms with Crippen molar-refractivity contribution in [2.75, 3.05) is 6.61 Å². The van der Waals surface area contributed by atoms with E-state index in [2.05, 4.69) is 27.0 Å². The van der Waals surface area contributed by atoms with Crippen LogP contribution < -0.4 is 0 Å². The summed E-state index contributed by atoms with van der Waals surface area (Å²) in [6, 6.07) is 0. The Bertz CT molecular complexity index is 1600. The monoisotopic (exact) mass is 798 g/mol. The predicted molar refractivity (Wildman–Crippen MR) is 200 cm³/mol. The van der Waals surface area contributed by atoms with E-state index < -0.39 is 23.8 Å². The summed E-state index contributed by atoms with van der Waals surface area (Å²) in [5, 5.41) is 0. The lowest BCUT2D eigenvalue weighted by Gasteiger charge is -2.53. The van der Waals surface area contributed by atoms with Crippen LogP contribution in [-0.2, 0) is 61.6 Å². The Morgan fingerprint density at radius 2 is 1.32 bits per heavy atom. The van der Waals surface area contributed by atoms with Crippen molar-refractivity contribution in [2.24, 2.45) is 11.8 Å². The standard InChI is InChI=1S/C44H62O13/c1-20-13-24-7-9-27-21(2)14-26(47-27)11-12-44-18-33-39(56-44)40-41(52-33)42(57-44)38-28(51-40)10-8-25(49-38)15-35(45)54-37-23(4)36-32(50-31(37)16-29(48-24)22(20)3)17-30-34(53-36)19-46-43(5,6)55-30/h20,23-34,36-42H,2-3,7-19H2,1,4-6H3/t20-,23+,24?,25?,26?,27+,28?,29-,30-,31+,32+,33-,34-,36+,37?,38+,39?,40+,41?,42?,44+/m1/s1. The fourth-order valence-electron chi connectivity index (χ4n) is 12.5. The largest absolute Gasteiger partial charge is 0.459 e. The maximum absolute atomic E-state index is 14.1. The highest BCUT2D eigenvalue weighted by Gasteiger charge is 2.69. The first-order chi connectivity index (χ1) is 27.4. The van der Waals surface area contributed by atoms with Crippen LogP contribution in [0.2, 0.25) is 0 Å². The normalized spacial score (nSPS) is 55.5. The number of hydrogen-bond acceptors (Lipinski definition) is 13. The second-order valence-electron chi connectivity index (χ2n) is 19.8. The molecule has 13 heteroatoms. The minimum atomic E-state index is -0.794. The van der Waals surface area contributed by atoms with Gasteiger partial charge < -0.3 is 56.8 Å². The fraction of sp³-hybridized carbons (Fsp3) is 0.886. The molecule has 12 heterocycles. The lowest BCUT2D eigenvalue weighted by atomic mass is 9.79. The minimum Gasteiger partial charge on any atom is -0.459 e. The van der Waals surface area contributed by atoms with E-state index in [-0.39, 0.29) is 122 Å². The zero-order valence-electron chi connectivity index (χ0n) is 34.0. The Balaban J connectivity index is 0.879. The molecule has 0 radical (unpaired) electrons. The average molecular weight is 799 g/mol. The fourth-order valence-corrected chi connectivity index (χ4v) is 12.5. The van der Waals surface area contributed by atoms with E-state index in [0.717, 1.165) is 49.7 Å². The van der Waals surface area contributed by atoms with Gasteiger partial charge in [0.25, 0.3) is 0 Å². The SMILES string of the molecule is C=C1CC2CC[C@@]34C[C@H]5OC6C(O3)[C@H]3OC(CCC3O[C@H]6C5O4)CC(=O)OC3[C@H](C[C@H]4OC(CC[C@@H]1O2)C[C@@H](C)C4=C)O[C@H]1C[C@H]2OC(C)(C)OC[C@H]2O[C@H]1[C@@H]3C. The number of hydrogen-bond donors (Lipinski definition) is 0. The quantitative estimate of drug-likeness (QED) is 0.241. The molecule has 0 aromatic carbocycles. The van der Waals surface area contributed by atoms with E-state index in [9.17, 15) is 4.79 Å². The van der Waals surface area contributed by atoms with Gasteiger partial charge in [0.05, 0.1) is 80.2 Å². The number of esters is 1. The zero-order valence-corrected chi connectivity index (χ0v) is 34.0. The van der Waals surface area contributed by atoms with Crippen molar-refractivity contribution in [1.29, 1.82) is 0 Å². The zero-order chi connectivity index (χ0) is 39.0. The Kier molecular flexibility index (Phi) is 9.64. The van der Waals surface area contributed by atoms with Gasteiger partial charge in [0.1, 0.15) is 42.7 Å². The van der Waals surface area contributed by atoms with Crippen LogP contribution in [0, 0.1) is 11.8 Å². The first-order valence-electron chi connectivity index (χ1n) is 22.2. The maximum Gasteiger partial charge on any atom is 0.308 e. The number of carbonyl (C=O) groups is 1. The molecule has 1 spiro atoms. The highest BCUT2D eigenvalue weighted by molar-refractivity contribution is 5.70. The number of fused-ring (bicyclic) bond motifs is 8. The molecule has 12 saturated heterocycles. The van der Waals surface area contributed by atoms with Gasteiger partial charge in [-0.15, -0.1) is 0 Å². The van der Waals surface area contributed by atoms with Crippen molar-refractivity contribution in [2.45, 2.75) is 226 Å². The Morgan fingerprint density at radius 1 is 0.579 bits per heavy atom. The van der Waals surface area contributed by atoms with Crippen LogP contribution in [0.3, 0.4) is 0 Å². The molecule has 12 aliphatic heterocycles. The Labute approximate surface area is 336 Å². The topological polar surface area (TPSA) is 128 Å². The first-order valence-corrected chi connectivity index (χ1v) is 22.2. The van der Waals surface area contributed by atoms with Crippen molar-refractivity contribution >= 4 is 5.97 Å². The molecule has 0 amide bonds. The van der Waals surface area contributed by atoms with Gasteiger partial charge in [0.2, 0.25) is 0 Å². The second kappa shape index (κ2) is 14.3. The lowest BCUT2D eigenvalue weighted by molar-refractivity contribution is -0.356. The van der Waals surface area contributed by atoms with Crippen LogP contribution >= 0.6 is 0 Å². The molecule has 0 aromatic heterocycles. The first kappa shape index (κ1) is 38.4. The minimum absolute atomic E-state index is 0.0204. The summed E-state index contributed by atoms with van der Waals surface area (Å²) in [5.41, 5.74) is 2.20. The summed E-state index contributed by atoms with van der Waals surface area (Å²) in [5.74, 6) is -1.69. The molecule has 12 fully saturated rings. The highest BCUT2D eigenvalue weighted by Crippen LogP contribution is 2.54. The van der Waals surface area contributed by atoms with E-state index in [1.54, 1.807) is 0 Å². The van der Waals surface area contributed by atoms with E-state index in [0.29, 0.717) is 38.7 Å². The van der Waals surface area contributed by atoms with E-state index >= 15 is 0 Å². The van der Waals surface area contributed by atoms with Gasteiger partial charge in [0, 0.05) is 31.6 Å². The van der Waals surface area contributed by atoms with Gasteiger partial charge in [-0.25, -0.2) is 0 Å². The van der Waals surface area contributed by atoms with Crippen LogP contribution in [0.15, 0.2) is 24.3 Å². The molecular formula is C44H62O13. The van der Waals surface area contributed by atoms with Gasteiger partial charge in [-0.2, -0.15) is 0 Å². The molecule has 0 N–H and O–H groups in total. The summed E-state index contributed by atoms with van der Waals surface area (Å²) in [4.78, 5) is 14.1. The Morgan fingerprint density at radius 3 is 2.19 bits per heavy atom. The highest BCUT2D eigenvalue weighted by atomic mass is 16.8. The van der Waals surface area contributed by atoms with Gasteiger partial charge in [0.15, 0.2) is 11.6 Å². The van der Waals surface area contributed by atoms with Crippen LogP contribution in [0.1, 0.15) is 105 Å². The number of rotatable bonds is 0. The molecule has 0 aromatic rings. The summed E-state index contributed by atoms with van der Waals surface area (Å²) in [7, 11) is 0. The third kappa shape index (κ3) is 6.81. The summed E-state index contributed by atoms with van der Waals surface area (Å²) in [6.45, 7) is 17.7. The van der Waals surface area contributed by atoms with Crippen molar-refractivity contribution in [3.8, 4) is 0 Å². The molecule has 8 unspecified atom stereocenters. The van der Waals surface area contributed by atoms with E-state index in [1.165, 1.54) is 0 Å². The number of ether oxygens (including phenoxy) is 12. The van der Waals surface area contributed by atoms with Crippen molar-refractivity contribution in [3.63, 3.8) is 0 Å². The number of carbonyl (C=O) groups excluding carboxylic acids is 1. The molecule has 0 saturated carbocycles. The van der Waals surface area contributed by atoms with Crippen LogP contribution in [0.25, 0.3) is 0 Å². The summed E-state index contributed by atoms with van der Waals surface area (Å²) in [6.07, 6.45) is 4.24. The smallest absolute Gasteiger partial charge is 0.308 e. The molecule has 12 bridgehead atoms. The molecule has 0 aliphatic carbocycles. The molecule has 12 rings (SSSR count). The van der Waals surface area contributed by atoms with Crippen LogP contribution in [0.4, 0.5) is 0 Å². The Hall–Kier alpha value is -1.49. The van der Waals surface area contributed by atoms with Gasteiger partial charge >= 0.3 is 5.97 Å². The van der Waals surface area contributed by atoms with E-state index in [1.807, 2.05) is 13.8 Å². The van der Waals surface area contributed by atoms with Crippen molar-refractivity contribution in [3.05, 3.63) is 24.3 Å². The third-order valence-electron chi connectivity index (χ3n) is 15.4. The van der Waals surface area contributed by atoms with Crippen LogP contribution in [0.5, 0.6) is 0 Å². The van der Waals surface area contributed by atoms with Crippen molar-refractivity contribution in [1.82, 2.24) is 0 Å². The summed E-state index contributed by atoms with van der Waals surface area (Å²) < 4.78 is 80.1. The predicted octanol–water partition coefficient (Wildman–Crippen LogP) is 4.99. The van der Waals surface area contributed by atoms with Crippen LogP contribution in [-0.4, -0.2) is 134 Å². The van der Waals surface area contributed by atoms with Gasteiger partial charge in [-0.1, -0.05) is 27.0 Å².